The van der Waals surface area contributed by atoms with Gasteiger partial charge in [-0.2, -0.15) is 0 Å². The van der Waals surface area contributed by atoms with Gasteiger partial charge in [-0.1, -0.05) is 112 Å². The Balaban J connectivity index is 0.000000161. The Morgan fingerprint density at radius 2 is 0.821 bits per heavy atom. The summed E-state index contributed by atoms with van der Waals surface area (Å²) in [5, 5.41) is 0. The highest BCUT2D eigenvalue weighted by Crippen LogP contribution is 2.34. The van der Waals surface area contributed by atoms with Crippen LogP contribution >= 0.6 is 0 Å². The fraction of sp³-hybridized carbons (Fsp3) is 0.429. The molecule has 0 amide bonds. The van der Waals surface area contributed by atoms with Crippen molar-refractivity contribution >= 4 is 11.1 Å². The van der Waals surface area contributed by atoms with Crippen molar-refractivity contribution in [2.45, 2.75) is 64.2 Å². The molecule has 0 heteroatoms. The van der Waals surface area contributed by atoms with Crippen LogP contribution in [0.1, 0.15) is 75.3 Å². The lowest BCUT2D eigenvalue weighted by molar-refractivity contribution is 0.430. The van der Waals surface area contributed by atoms with Crippen molar-refractivity contribution in [2.24, 2.45) is 11.8 Å². The van der Waals surface area contributed by atoms with Gasteiger partial charge in [-0.05, 0) is 59.8 Å². The zero-order valence-electron chi connectivity index (χ0n) is 17.4. The summed E-state index contributed by atoms with van der Waals surface area (Å²) in [7, 11) is 0. The summed E-state index contributed by atoms with van der Waals surface area (Å²) in [5.41, 5.74) is 5.37. The molecule has 0 N–H and O–H groups in total. The van der Waals surface area contributed by atoms with Crippen molar-refractivity contribution in [3.8, 4) is 0 Å². The first kappa shape index (κ1) is 20.6. The SMILES string of the molecule is C=C(c1ccccc1)C1CCCCC1.C=C(c1ccccc1)C1CCCCC1. The fourth-order valence-corrected chi connectivity index (χ4v) is 4.68. The monoisotopic (exact) mass is 372 g/mol. The summed E-state index contributed by atoms with van der Waals surface area (Å²) < 4.78 is 0. The summed E-state index contributed by atoms with van der Waals surface area (Å²) in [5.74, 6) is 1.48. The van der Waals surface area contributed by atoms with Gasteiger partial charge in [-0.15, -0.1) is 0 Å². The number of hydrogen-bond donors (Lipinski definition) is 0. The van der Waals surface area contributed by atoms with Crippen molar-refractivity contribution in [2.75, 3.05) is 0 Å². The molecule has 0 atom stereocenters. The van der Waals surface area contributed by atoms with Crippen LogP contribution in [0.3, 0.4) is 0 Å². The molecule has 2 saturated carbocycles. The number of allylic oxidation sites excluding steroid dienone is 2. The van der Waals surface area contributed by atoms with E-state index < -0.39 is 0 Å². The Morgan fingerprint density at radius 3 is 1.14 bits per heavy atom. The van der Waals surface area contributed by atoms with Crippen LogP contribution in [0.2, 0.25) is 0 Å². The minimum atomic E-state index is 0.742. The third kappa shape index (κ3) is 5.96. The van der Waals surface area contributed by atoms with E-state index in [1.54, 1.807) is 0 Å². The van der Waals surface area contributed by atoms with Gasteiger partial charge in [0.2, 0.25) is 0 Å². The van der Waals surface area contributed by atoms with E-state index in [1.807, 2.05) is 0 Å². The lowest BCUT2D eigenvalue weighted by Gasteiger charge is -2.23. The van der Waals surface area contributed by atoms with Crippen LogP contribution in [0.15, 0.2) is 73.8 Å². The second kappa shape index (κ2) is 11.1. The molecule has 2 aliphatic carbocycles. The normalized spacial score (nSPS) is 18.0. The van der Waals surface area contributed by atoms with Gasteiger partial charge in [-0.3, -0.25) is 0 Å². The largest absolute Gasteiger partial charge is 0.0950 e. The molecule has 0 heterocycles. The molecular formula is C28H36. The first-order chi connectivity index (χ1) is 13.8. The molecule has 0 radical (unpaired) electrons. The maximum Gasteiger partial charge on any atom is -0.0162 e. The quantitative estimate of drug-likeness (QED) is 0.504. The molecule has 2 fully saturated rings. The Hall–Kier alpha value is -2.08. The van der Waals surface area contributed by atoms with Crippen molar-refractivity contribution in [3.63, 3.8) is 0 Å². The summed E-state index contributed by atoms with van der Waals surface area (Å²) in [4.78, 5) is 0. The van der Waals surface area contributed by atoms with Crippen LogP contribution in [0, 0.1) is 11.8 Å². The molecule has 28 heavy (non-hydrogen) atoms. The number of rotatable bonds is 4. The van der Waals surface area contributed by atoms with Gasteiger partial charge in [0.05, 0.1) is 0 Å². The first-order valence-electron chi connectivity index (χ1n) is 11.2. The molecule has 0 unspecified atom stereocenters. The average Bonchev–Trinajstić information content (AvgIpc) is 2.81. The van der Waals surface area contributed by atoms with Gasteiger partial charge in [0, 0.05) is 0 Å². The van der Waals surface area contributed by atoms with Crippen LogP contribution in [-0.2, 0) is 0 Å². The fourth-order valence-electron chi connectivity index (χ4n) is 4.68. The topological polar surface area (TPSA) is 0 Å². The molecule has 0 bridgehead atoms. The van der Waals surface area contributed by atoms with Crippen LogP contribution in [-0.4, -0.2) is 0 Å². The molecule has 148 valence electrons. The molecule has 2 aliphatic rings. The second-order valence-electron chi connectivity index (χ2n) is 8.45. The van der Waals surface area contributed by atoms with Gasteiger partial charge in [0.25, 0.3) is 0 Å². The molecule has 4 rings (SSSR count). The zero-order chi connectivity index (χ0) is 19.6. The Bertz CT molecular complexity index is 648. The third-order valence-corrected chi connectivity index (χ3v) is 6.49. The highest BCUT2D eigenvalue weighted by atomic mass is 14.2. The van der Waals surface area contributed by atoms with Gasteiger partial charge in [-0.25, -0.2) is 0 Å². The molecule has 0 nitrogen and oxygen atoms in total. The van der Waals surface area contributed by atoms with Crippen molar-refractivity contribution in [1.82, 2.24) is 0 Å². The zero-order valence-corrected chi connectivity index (χ0v) is 17.4. The van der Waals surface area contributed by atoms with Gasteiger partial charge < -0.3 is 0 Å². The minimum absolute atomic E-state index is 0.742. The molecular weight excluding hydrogens is 336 g/mol. The summed E-state index contributed by atoms with van der Waals surface area (Å²) in [6, 6.07) is 21.2. The van der Waals surface area contributed by atoms with Gasteiger partial charge in [0.1, 0.15) is 0 Å². The van der Waals surface area contributed by atoms with Crippen LogP contribution in [0.5, 0.6) is 0 Å². The molecule has 0 spiro atoms. The van der Waals surface area contributed by atoms with E-state index in [0.717, 1.165) is 11.8 Å². The predicted molar refractivity (Wildman–Crippen MR) is 124 cm³/mol. The lowest BCUT2D eigenvalue weighted by Crippen LogP contribution is -2.07. The average molecular weight is 373 g/mol. The molecule has 0 aliphatic heterocycles. The van der Waals surface area contributed by atoms with E-state index in [1.165, 1.54) is 86.5 Å². The van der Waals surface area contributed by atoms with Crippen LogP contribution < -0.4 is 0 Å². The summed E-state index contributed by atoms with van der Waals surface area (Å²) in [6.07, 6.45) is 13.7. The number of hydrogen-bond acceptors (Lipinski definition) is 0. The van der Waals surface area contributed by atoms with Crippen molar-refractivity contribution < 1.29 is 0 Å². The third-order valence-electron chi connectivity index (χ3n) is 6.49. The summed E-state index contributed by atoms with van der Waals surface area (Å²) >= 11 is 0. The highest BCUT2D eigenvalue weighted by molar-refractivity contribution is 5.65. The predicted octanol–water partition coefficient (Wildman–Crippen LogP) is 8.56. The van der Waals surface area contributed by atoms with Gasteiger partial charge in [0.15, 0.2) is 0 Å². The van der Waals surface area contributed by atoms with Crippen molar-refractivity contribution in [3.05, 3.63) is 84.9 Å². The lowest BCUT2D eigenvalue weighted by atomic mass is 9.82. The molecule has 2 aromatic carbocycles. The smallest absolute Gasteiger partial charge is 0.0162 e. The minimum Gasteiger partial charge on any atom is -0.0950 e. The van der Waals surface area contributed by atoms with Crippen molar-refractivity contribution in [1.29, 1.82) is 0 Å². The van der Waals surface area contributed by atoms with E-state index in [2.05, 4.69) is 73.8 Å². The Labute approximate surface area is 172 Å². The van der Waals surface area contributed by atoms with E-state index in [4.69, 9.17) is 0 Å². The highest BCUT2D eigenvalue weighted by Gasteiger charge is 2.17. The Kier molecular flexibility index (Phi) is 8.15. The van der Waals surface area contributed by atoms with E-state index in [0.29, 0.717) is 0 Å². The standard InChI is InChI=1S/2C14H18/c2*1-12(13-8-4-2-5-9-13)14-10-6-3-7-11-14/h2*2,4-5,8-9,14H,1,3,6-7,10-11H2. The molecule has 0 aromatic heterocycles. The Morgan fingerprint density at radius 1 is 0.500 bits per heavy atom. The van der Waals surface area contributed by atoms with E-state index >= 15 is 0 Å². The van der Waals surface area contributed by atoms with Crippen LogP contribution in [0.4, 0.5) is 0 Å². The second-order valence-corrected chi connectivity index (χ2v) is 8.45. The van der Waals surface area contributed by atoms with Crippen LogP contribution in [0.25, 0.3) is 11.1 Å². The maximum absolute atomic E-state index is 4.25. The summed E-state index contributed by atoms with van der Waals surface area (Å²) in [6.45, 7) is 8.50. The van der Waals surface area contributed by atoms with E-state index in [-0.39, 0.29) is 0 Å². The van der Waals surface area contributed by atoms with Gasteiger partial charge >= 0.3 is 0 Å². The van der Waals surface area contributed by atoms with E-state index in [9.17, 15) is 0 Å². The first-order valence-corrected chi connectivity index (χ1v) is 11.2. The maximum atomic E-state index is 4.25. The molecule has 0 saturated heterocycles. The number of benzene rings is 2. The molecule has 2 aromatic rings.